The van der Waals surface area contributed by atoms with Crippen LogP contribution in [0.4, 0.5) is 8.78 Å². The van der Waals surface area contributed by atoms with Crippen LogP contribution in [0, 0.1) is 0 Å². The third-order valence-corrected chi connectivity index (χ3v) is 7.57. The van der Waals surface area contributed by atoms with Crippen molar-refractivity contribution in [2.24, 2.45) is 0 Å². The van der Waals surface area contributed by atoms with Crippen LogP contribution >= 0.6 is 0 Å². The predicted molar refractivity (Wildman–Crippen MR) is 125 cm³/mol. The lowest BCUT2D eigenvalue weighted by Crippen LogP contribution is -2.36. The number of nitrogens with zero attached hydrogens (tertiary/aromatic N) is 1. The molecule has 2 saturated carbocycles. The molecule has 0 saturated heterocycles. The van der Waals surface area contributed by atoms with E-state index in [2.05, 4.69) is 49.1 Å². The standard InChI is InChI=1S/C28H37F2N/c1-22(2)31(21-15-23-10-4-3-5-11-23)20-7-12-24-25(27(29)16-8-17-27)13-6-14-26(24)28(30)18-9-19-28/h3-6,10-11,13-14,22H,7-9,12,15-21H2,1-2H3. The van der Waals surface area contributed by atoms with Crippen LogP contribution in [0.15, 0.2) is 48.5 Å². The van der Waals surface area contributed by atoms with Crippen molar-refractivity contribution < 1.29 is 8.78 Å². The summed E-state index contributed by atoms with van der Waals surface area (Å²) in [7, 11) is 0. The van der Waals surface area contributed by atoms with Crippen molar-refractivity contribution in [2.45, 2.75) is 89.0 Å². The van der Waals surface area contributed by atoms with Gasteiger partial charge in [-0.05, 0) is 100 Å². The molecule has 3 heteroatoms. The van der Waals surface area contributed by atoms with Gasteiger partial charge in [-0.1, -0.05) is 48.5 Å². The SMILES string of the molecule is CC(C)N(CCCc1c(C2(F)CCC2)cccc1C1(F)CCC1)CCc1ccccc1. The molecule has 0 aliphatic heterocycles. The van der Waals surface area contributed by atoms with Crippen LogP contribution < -0.4 is 0 Å². The molecule has 1 nitrogen and oxygen atoms in total. The summed E-state index contributed by atoms with van der Waals surface area (Å²) in [5.74, 6) is 0. The topological polar surface area (TPSA) is 3.24 Å². The molecule has 0 N–H and O–H groups in total. The molecule has 0 spiro atoms. The molecule has 2 aliphatic rings. The van der Waals surface area contributed by atoms with E-state index in [1.807, 2.05) is 18.2 Å². The summed E-state index contributed by atoms with van der Waals surface area (Å²) in [6, 6.07) is 16.8. The van der Waals surface area contributed by atoms with Crippen LogP contribution in [0.25, 0.3) is 0 Å². The summed E-state index contributed by atoms with van der Waals surface area (Å²) in [5, 5.41) is 0. The second-order valence-corrected chi connectivity index (χ2v) is 9.94. The highest BCUT2D eigenvalue weighted by molar-refractivity contribution is 5.44. The van der Waals surface area contributed by atoms with E-state index in [0.29, 0.717) is 31.7 Å². The minimum Gasteiger partial charge on any atom is -0.301 e. The van der Waals surface area contributed by atoms with Crippen molar-refractivity contribution in [2.75, 3.05) is 13.1 Å². The van der Waals surface area contributed by atoms with Crippen LogP contribution in [0.1, 0.15) is 81.0 Å². The Hall–Kier alpha value is -1.74. The summed E-state index contributed by atoms with van der Waals surface area (Å²) in [4.78, 5) is 2.50. The molecule has 2 aromatic rings. The highest BCUT2D eigenvalue weighted by Crippen LogP contribution is 2.51. The van der Waals surface area contributed by atoms with E-state index in [4.69, 9.17) is 0 Å². The van der Waals surface area contributed by atoms with Crippen molar-refractivity contribution in [1.82, 2.24) is 4.90 Å². The van der Waals surface area contributed by atoms with Gasteiger partial charge in [-0.15, -0.1) is 0 Å². The van der Waals surface area contributed by atoms with Gasteiger partial charge < -0.3 is 4.90 Å². The number of hydrogen-bond donors (Lipinski definition) is 0. The predicted octanol–water partition coefficient (Wildman–Crippen LogP) is 7.27. The Bertz CT molecular complexity index is 814. The summed E-state index contributed by atoms with van der Waals surface area (Å²) in [5.41, 5.74) is 1.40. The van der Waals surface area contributed by atoms with Gasteiger partial charge in [-0.3, -0.25) is 0 Å². The molecule has 2 aliphatic carbocycles. The van der Waals surface area contributed by atoms with Crippen LogP contribution in [0.2, 0.25) is 0 Å². The average molecular weight is 426 g/mol. The molecule has 0 atom stereocenters. The van der Waals surface area contributed by atoms with Gasteiger partial charge >= 0.3 is 0 Å². The maximum Gasteiger partial charge on any atom is 0.136 e. The highest BCUT2D eigenvalue weighted by Gasteiger charge is 2.45. The van der Waals surface area contributed by atoms with Crippen LogP contribution in [0.5, 0.6) is 0 Å². The smallest absolute Gasteiger partial charge is 0.136 e. The van der Waals surface area contributed by atoms with E-state index in [1.54, 1.807) is 0 Å². The van der Waals surface area contributed by atoms with E-state index < -0.39 is 11.3 Å². The van der Waals surface area contributed by atoms with Gasteiger partial charge in [0.2, 0.25) is 0 Å². The molecule has 0 bridgehead atoms. The fourth-order valence-corrected chi connectivity index (χ4v) is 5.21. The van der Waals surface area contributed by atoms with Crippen LogP contribution in [-0.4, -0.2) is 24.0 Å². The van der Waals surface area contributed by atoms with Crippen LogP contribution in [0.3, 0.4) is 0 Å². The summed E-state index contributed by atoms with van der Waals surface area (Å²) < 4.78 is 31.0. The quantitative estimate of drug-likeness (QED) is 0.387. The molecule has 0 radical (unpaired) electrons. The molecule has 0 heterocycles. The van der Waals surface area contributed by atoms with Gasteiger partial charge in [0.25, 0.3) is 0 Å². The van der Waals surface area contributed by atoms with E-state index in [-0.39, 0.29) is 0 Å². The molecule has 2 aromatic carbocycles. The Morgan fingerprint density at radius 1 is 0.774 bits per heavy atom. The van der Waals surface area contributed by atoms with Crippen molar-refractivity contribution >= 4 is 0 Å². The van der Waals surface area contributed by atoms with E-state index in [1.165, 1.54) is 5.56 Å². The summed E-state index contributed by atoms with van der Waals surface area (Å²) in [6.07, 6.45) is 6.91. The largest absolute Gasteiger partial charge is 0.301 e. The maximum absolute atomic E-state index is 15.5. The zero-order chi connectivity index (χ0) is 21.9. The Kier molecular flexibility index (Phi) is 6.81. The fourth-order valence-electron chi connectivity index (χ4n) is 5.21. The Morgan fingerprint density at radius 3 is 1.84 bits per heavy atom. The van der Waals surface area contributed by atoms with Gasteiger partial charge in [0, 0.05) is 12.6 Å². The molecule has 2 fully saturated rings. The van der Waals surface area contributed by atoms with Crippen molar-refractivity contribution in [3.05, 3.63) is 70.8 Å². The Labute approximate surface area is 186 Å². The molecule has 0 unspecified atom stereocenters. The molecule has 4 rings (SSSR count). The van der Waals surface area contributed by atoms with E-state index in [9.17, 15) is 0 Å². The number of hydrogen-bond acceptors (Lipinski definition) is 1. The zero-order valence-electron chi connectivity index (χ0n) is 19.2. The van der Waals surface area contributed by atoms with Crippen molar-refractivity contribution in [3.8, 4) is 0 Å². The molecule has 31 heavy (non-hydrogen) atoms. The first-order valence-electron chi connectivity index (χ1n) is 12.2. The second-order valence-electron chi connectivity index (χ2n) is 9.94. The second kappa shape index (κ2) is 9.40. The van der Waals surface area contributed by atoms with Gasteiger partial charge in [0.05, 0.1) is 0 Å². The number of alkyl halides is 2. The van der Waals surface area contributed by atoms with Gasteiger partial charge in [0.1, 0.15) is 11.3 Å². The van der Waals surface area contributed by atoms with Crippen LogP contribution in [-0.2, 0) is 24.2 Å². The Morgan fingerprint density at radius 2 is 1.35 bits per heavy atom. The molecule has 168 valence electrons. The lowest BCUT2D eigenvalue weighted by atomic mass is 9.69. The van der Waals surface area contributed by atoms with E-state index >= 15 is 8.78 Å². The van der Waals surface area contributed by atoms with Crippen molar-refractivity contribution in [1.29, 1.82) is 0 Å². The fraction of sp³-hybridized carbons (Fsp3) is 0.571. The van der Waals surface area contributed by atoms with E-state index in [0.717, 1.165) is 61.9 Å². The highest BCUT2D eigenvalue weighted by atomic mass is 19.1. The first-order chi connectivity index (χ1) is 14.9. The van der Waals surface area contributed by atoms with Gasteiger partial charge in [-0.25, -0.2) is 8.78 Å². The first kappa shape index (κ1) is 22.5. The minimum absolute atomic E-state index is 0.455. The Balaban J connectivity index is 1.46. The normalized spacial score (nSPS) is 19.3. The third-order valence-electron chi connectivity index (χ3n) is 7.57. The average Bonchev–Trinajstić information content (AvgIpc) is 2.73. The maximum atomic E-state index is 15.5. The number of halogens is 2. The molecular formula is C28H37F2N. The zero-order valence-corrected chi connectivity index (χ0v) is 19.2. The third kappa shape index (κ3) is 4.87. The summed E-state index contributed by atoms with van der Waals surface area (Å²) >= 11 is 0. The molecule has 0 aromatic heterocycles. The molecule has 0 amide bonds. The monoisotopic (exact) mass is 425 g/mol. The minimum atomic E-state index is -1.24. The van der Waals surface area contributed by atoms with Crippen molar-refractivity contribution in [3.63, 3.8) is 0 Å². The first-order valence-corrected chi connectivity index (χ1v) is 12.2. The summed E-state index contributed by atoms with van der Waals surface area (Å²) in [6.45, 7) is 6.44. The number of benzene rings is 2. The lowest BCUT2D eigenvalue weighted by molar-refractivity contribution is 0.0513. The van der Waals surface area contributed by atoms with Gasteiger partial charge in [-0.2, -0.15) is 0 Å². The molecular weight excluding hydrogens is 388 g/mol. The lowest BCUT2D eigenvalue weighted by Gasteiger charge is -2.40. The number of rotatable bonds is 10. The van der Waals surface area contributed by atoms with Gasteiger partial charge in [0.15, 0.2) is 0 Å².